The molecule has 3 saturated carbocycles. The third kappa shape index (κ3) is 2.14. The summed E-state index contributed by atoms with van der Waals surface area (Å²) in [7, 11) is -0.123. The maximum atomic E-state index is 11.9. The topological polar surface area (TPSA) is 54.0 Å². The average molecular weight is 322 g/mol. The highest BCUT2D eigenvalue weighted by atomic mass is 16.8. The lowest BCUT2D eigenvalue weighted by Crippen LogP contribution is -2.65. The Balaban J connectivity index is 1.38. The Morgan fingerprint density at radius 2 is 1.52 bits per heavy atom. The van der Waals surface area contributed by atoms with Gasteiger partial charge in [-0.05, 0) is 58.8 Å². The minimum atomic E-state index is -0.783. The lowest BCUT2D eigenvalue weighted by atomic mass is 9.23. The fourth-order valence-corrected chi connectivity index (χ4v) is 4.89. The number of hydrogen-bond donors (Lipinski definition) is 0. The Labute approximate surface area is 138 Å². The van der Waals surface area contributed by atoms with Crippen LogP contribution in [-0.2, 0) is 23.6 Å². The van der Waals surface area contributed by atoms with E-state index in [9.17, 15) is 4.79 Å². The zero-order valence-corrected chi connectivity index (χ0v) is 15.0. The zero-order chi connectivity index (χ0) is 16.9. The van der Waals surface area contributed by atoms with Crippen molar-refractivity contribution in [3.05, 3.63) is 0 Å². The Kier molecular flexibility index (Phi) is 2.87. The molecule has 0 N–H and O–H groups in total. The quantitative estimate of drug-likeness (QED) is 0.590. The van der Waals surface area contributed by atoms with Crippen molar-refractivity contribution >= 4 is 13.1 Å². The summed E-state index contributed by atoms with van der Waals surface area (Å²) in [5.41, 5.74) is -0.334. The molecule has 0 amide bonds. The summed E-state index contributed by atoms with van der Waals surface area (Å²) in [4.78, 5) is 11.9. The molecule has 128 valence electrons. The highest BCUT2D eigenvalue weighted by molar-refractivity contribution is 6.51. The predicted molar refractivity (Wildman–Crippen MR) is 84.7 cm³/mol. The first-order valence-corrected chi connectivity index (χ1v) is 8.64. The molecule has 0 unspecified atom stereocenters. The van der Waals surface area contributed by atoms with E-state index in [2.05, 4.69) is 27.7 Å². The van der Waals surface area contributed by atoms with Crippen LogP contribution in [0.3, 0.4) is 0 Å². The van der Waals surface area contributed by atoms with Crippen molar-refractivity contribution in [2.75, 3.05) is 0 Å². The SMILES string of the molecule is CC1(C)OC(=O)[C@H](CC23CC(B4OC(C)(C)C(C)(C)O4)(C2)C3)O1. The molecule has 6 heteroatoms. The second kappa shape index (κ2) is 4.14. The Hall–Kier alpha value is -0.585. The normalized spacial score (nSPS) is 45.4. The fourth-order valence-electron chi connectivity index (χ4n) is 4.89. The van der Waals surface area contributed by atoms with Gasteiger partial charge in [-0.3, -0.25) is 0 Å². The number of ether oxygens (including phenoxy) is 2. The van der Waals surface area contributed by atoms with E-state index < -0.39 is 11.9 Å². The van der Waals surface area contributed by atoms with Gasteiger partial charge in [0.2, 0.25) is 5.79 Å². The van der Waals surface area contributed by atoms with Crippen LogP contribution >= 0.6 is 0 Å². The van der Waals surface area contributed by atoms with Crippen LogP contribution in [-0.4, -0.2) is 36.2 Å². The van der Waals surface area contributed by atoms with Crippen LogP contribution < -0.4 is 0 Å². The van der Waals surface area contributed by atoms with Crippen LogP contribution in [0.15, 0.2) is 0 Å². The van der Waals surface area contributed by atoms with Crippen LogP contribution in [0.1, 0.15) is 67.2 Å². The molecule has 1 atom stereocenters. The lowest BCUT2D eigenvalue weighted by molar-refractivity contribution is -0.169. The number of esters is 1. The number of rotatable bonds is 3. The van der Waals surface area contributed by atoms with Crippen molar-refractivity contribution in [3.8, 4) is 0 Å². The van der Waals surface area contributed by atoms with Gasteiger partial charge in [0, 0.05) is 19.2 Å². The minimum absolute atomic E-state index is 0.123. The van der Waals surface area contributed by atoms with Crippen molar-refractivity contribution in [3.63, 3.8) is 0 Å². The lowest BCUT2D eigenvalue weighted by Gasteiger charge is -2.71. The Morgan fingerprint density at radius 1 is 1.00 bits per heavy atom. The molecule has 2 bridgehead atoms. The van der Waals surface area contributed by atoms with E-state index in [1.54, 1.807) is 13.8 Å². The molecular formula is C17H27BO5. The van der Waals surface area contributed by atoms with Crippen molar-refractivity contribution in [2.24, 2.45) is 5.41 Å². The van der Waals surface area contributed by atoms with Gasteiger partial charge in [0.25, 0.3) is 0 Å². The molecule has 5 fully saturated rings. The van der Waals surface area contributed by atoms with Gasteiger partial charge in [0.1, 0.15) is 0 Å². The van der Waals surface area contributed by atoms with E-state index in [-0.39, 0.29) is 35.0 Å². The van der Waals surface area contributed by atoms with Gasteiger partial charge in [-0.2, -0.15) is 0 Å². The number of hydrogen-bond acceptors (Lipinski definition) is 5. The van der Waals surface area contributed by atoms with E-state index in [1.807, 2.05) is 0 Å². The Bertz CT molecular complexity index is 532. The molecule has 5 rings (SSSR count). The maximum absolute atomic E-state index is 11.9. The van der Waals surface area contributed by atoms with Gasteiger partial charge < -0.3 is 18.8 Å². The molecule has 0 aromatic rings. The van der Waals surface area contributed by atoms with E-state index in [0.717, 1.165) is 25.7 Å². The van der Waals surface area contributed by atoms with E-state index >= 15 is 0 Å². The third-order valence-electron chi connectivity index (χ3n) is 6.59. The molecule has 0 aromatic heterocycles. The molecular weight excluding hydrogens is 295 g/mol. The highest BCUT2D eigenvalue weighted by Gasteiger charge is 2.76. The molecule has 23 heavy (non-hydrogen) atoms. The van der Waals surface area contributed by atoms with Gasteiger partial charge in [-0.15, -0.1) is 0 Å². The van der Waals surface area contributed by atoms with E-state index in [0.29, 0.717) is 0 Å². The first kappa shape index (κ1) is 15.9. The molecule has 2 saturated heterocycles. The van der Waals surface area contributed by atoms with Crippen LogP contribution in [0.5, 0.6) is 0 Å². The first-order chi connectivity index (χ1) is 10.4. The molecule has 5 aliphatic rings. The second-order valence-electron chi connectivity index (χ2n) is 9.61. The van der Waals surface area contributed by atoms with E-state index in [4.69, 9.17) is 18.8 Å². The predicted octanol–water partition coefficient (Wildman–Crippen LogP) is 3.07. The molecule has 0 aromatic carbocycles. The van der Waals surface area contributed by atoms with Crippen LogP contribution in [0.4, 0.5) is 0 Å². The number of cyclic esters (lactones) is 1. The van der Waals surface area contributed by atoms with Crippen molar-refractivity contribution < 1.29 is 23.6 Å². The summed E-state index contributed by atoms with van der Waals surface area (Å²) in [6, 6.07) is 0. The van der Waals surface area contributed by atoms with Crippen LogP contribution in [0, 0.1) is 5.41 Å². The van der Waals surface area contributed by atoms with Gasteiger partial charge >= 0.3 is 13.1 Å². The largest absolute Gasteiger partial charge is 0.464 e. The minimum Gasteiger partial charge on any atom is -0.432 e. The van der Waals surface area contributed by atoms with Gasteiger partial charge in [-0.25, -0.2) is 4.79 Å². The van der Waals surface area contributed by atoms with Crippen LogP contribution in [0.25, 0.3) is 0 Å². The maximum Gasteiger partial charge on any atom is 0.464 e. The molecule has 0 radical (unpaired) electrons. The van der Waals surface area contributed by atoms with Gasteiger partial charge in [0.05, 0.1) is 11.2 Å². The monoisotopic (exact) mass is 322 g/mol. The van der Waals surface area contributed by atoms with Gasteiger partial charge in [0.15, 0.2) is 6.10 Å². The summed E-state index contributed by atoms with van der Waals surface area (Å²) in [6.07, 6.45) is 3.52. The zero-order valence-electron chi connectivity index (χ0n) is 15.0. The Morgan fingerprint density at radius 3 is 1.96 bits per heavy atom. The second-order valence-corrected chi connectivity index (χ2v) is 9.61. The molecule has 0 spiro atoms. The summed E-state index contributed by atoms with van der Waals surface area (Å²) in [6.45, 7) is 12.0. The van der Waals surface area contributed by atoms with Crippen molar-refractivity contribution in [1.29, 1.82) is 0 Å². The number of carbonyl (C=O) groups is 1. The molecule has 3 aliphatic carbocycles. The molecule has 5 nitrogen and oxygen atoms in total. The summed E-state index contributed by atoms with van der Waals surface area (Å²) < 4.78 is 23.5. The summed E-state index contributed by atoms with van der Waals surface area (Å²) in [5, 5.41) is 0.142. The smallest absolute Gasteiger partial charge is 0.432 e. The van der Waals surface area contributed by atoms with E-state index in [1.165, 1.54) is 0 Å². The average Bonchev–Trinajstić information content (AvgIpc) is 2.63. The van der Waals surface area contributed by atoms with Crippen LogP contribution in [0.2, 0.25) is 5.31 Å². The standard InChI is InChI=1S/C17H27BO5/c1-13(2)14(3,4)23-18(22-13)17-8-16(9-17,10-17)7-11-12(19)21-15(5,6)20-11/h11H,7-10H2,1-6H3/t11-,16?,17?/m0/s1. The third-order valence-corrected chi connectivity index (χ3v) is 6.59. The highest BCUT2D eigenvalue weighted by Crippen LogP contribution is 2.82. The number of carbonyl (C=O) groups excluding carboxylic acids is 1. The fraction of sp³-hybridized carbons (Fsp3) is 0.941. The molecule has 2 aliphatic heterocycles. The molecule has 2 heterocycles. The summed E-state index contributed by atoms with van der Waals surface area (Å²) in [5.74, 6) is -1.00. The summed E-state index contributed by atoms with van der Waals surface area (Å²) >= 11 is 0. The van der Waals surface area contributed by atoms with Crippen molar-refractivity contribution in [1.82, 2.24) is 0 Å². The van der Waals surface area contributed by atoms with Gasteiger partial charge in [-0.1, -0.05) is 0 Å². The van der Waals surface area contributed by atoms with Crippen molar-refractivity contribution in [2.45, 2.75) is 95.6 Å². The first-order valence-electron chi connectivity index (χ1n) is 8.64.